The maximum absolute atomic E-state index is 11.8. The number of urea groups is 1. The van der Waals surface area contributed by atoms with Crippen molar-refractivity contribution in [3.8, 4) is 0 Å². The minimum atomic E-state index is -0.804. The van der Waals surface area contributed by atoms with Crippen LogP contribution in [0.15, 0.2) is 0 Å². The predicted molar refractivity (Wildman–Crippen MR) is 82.1 cm³/mol. The van der Waals surface area contributed by atoms with Crippen molar-refractivity contribution in [1.29, 1.82) is 0 Å². The second kappa shape index (κ2) is 9.10. The molecule has 1 aliphatic heterocycles. The third kappa shape index (κ3) is 7.62. The van der Waals surface area contributed by atoms with Gasteiger partial charge in [-0.1, -0.05) is 13.8 Å². The fraction of sp³-hybridized carbons (Fsp3) is 0.857. The van der Waals surface area contributed by atoms with E-state index in [-0.39, 0.29) is 24.4 Å². The Morgan fingerprint density at radius 3 is 2.70 bits per heavy atom. The van der Waals surface area contributed by atoms with Gasteiger partial charge in [-0.2, -0.15) is 11.8 Å². The number of carbonyl (C=O) groups is 2. The highest BCUT2D eigenvalue weighted by atomic mass is 32.2. The average Bonchev–Trinajstić information content (AvgIpc) is 2.36. The summed E-state index contributed by atoms with van der Waals surface area (Å²) in [4.78, 5) is 22.6. The molecule has 116 valence electrons. The Hall–Kier alpha value is -0.910. The number of aliphatic carboxylic acids is 1. The first kappa shape index (κ1) is 17.1. The SMILES string of the molecule is CC(C)C[C@H](CNC(=O)NC1CCCSC1)CC(=O)O. The van der Waals surface area contributed by atoms with Gasteiger partial charge in [0.25, 0.3) is 0 Å². The van der Waals surface area contributed by atoms with Crippen LogP contribution in [0.5, 0.6) is 0 Å². The summed E-state index contributed by atoms with van der Waals surface area (Å²) in [6.07, 6.45) is 3.10. The molecule has 20 heavy (non-hydrogen) atoms. The normalized spacial score (nSPS) is 20.4. The summed E-state index contributed by atoms with van der Waals surface area (Å²) >= 11 is 1.87. The van der Waals surface area contributed by atoms with Gasteiger partial charge in [0.2, 0.25) is 0 Å². The average molecular weight is 302 g/mol. The van der Waals surface area contributed by atoms with Crippen molar-refractivity contribution in [2.75, 3.05) is 18.1 Å². The molecule has 2 amide bonds. The standard InChI is InChI=1S/C14H26N2O3S/c1-10(2)6-11(7-13(17)18)8-15-14(19)16-12-4-3-5-20-9-12/h10-12H,3-9H2,1-2H3,(H,17,18)(H2,15,16,19)/t11-,12?/m0/s1. The number of carboxylic acids is 1. The van der Waals surface area contributed by atoms with Crippen molar-refractivity contribution in [2.45, 2.75) is 45.6 Å². The second-order valence-electron chi connectivity index (χ2n) is 5.86. The highest BCUT2D eigenvalue weighted by Crippen LogP contribution is 2.17. The predicted octanol–water partition coefficient (Wildman–Crippen LogP) is 2.32. The van der Waals surface area contributed by atoms with Crippen LogP contribution in [-0.4, -0.2) is 41.2 Å². The lowest BCUT2D eigenvalue weighted by molar-refractivity contribution is -0.138. The summed E-state index contributed by atoms with van der Waals surface area (Å²) in [5.74, 6) is 1.77. The van der Waals surface area contributed by atoms with Crippen LogP contribution in [0, 0.1) is 11.8 Å². The van der Waals surface area contributed by atoms with Crippen LogP contribution >= 0.6 is 11.8 Å². The molecule has 0 saturated carbocycles. The number of carbonyl (C=O) groups excluding carboxylic acids is 1. The van der Waals surface area contributed by atoms with Crippen LogP contribution < -0.4 is 10.6 Å². The highest BCUT2D eigenvalue weighted by molar-refractivity contribution is 7.99. The molecule has 1 heterocycles. The fourth-order valence-electron chi connectivity index (χ4n) is 2.48. The van der Waals surface area contributed by atoms with Gasteiger partial charge in [0.1, 0.15) is 0 Å². The zero-order valence-electron chi connectivity index (χ0n) is 12.4. The van der Waals surface area contributed by atoms with E-state index < -0.39 is 5.97 Å². The van der Waals surface area contributed by atoms with Gasteiger partial charge >= 0.3 is 12.0 Å². The van der Waals surface area contributed by atoms with Crippen molar-refractivity contribution >= 4 is 23.8 Å². The molecule has 0 aromatic heterocycles. The Bertz CT molecular complexity index is 318. The molecule has 1 unspecified atom stereocenters. The Balaban J connectivity index is 2.29. The quantitative estimate of drug-likeness (QED) is 0.674. The van der Waals surface area contributed by atoms with Gasteiger partial charge in [0, 0.05) is 24.8 Å². The van der Waals surface area contributed by atoms with Gasteiger partial charge in [0.05, 0.1) is 0 Å². The molecule has 1 saturated heterocycles. The Morgan fingerprint density at radius 1 is 1.40 bits per heavy atom. The number of hydrogen-bond acceptors (Lipinski definition) is 3. The number of hydrogen-bond donors (Lipinski definition) is 3. The zero-order chi connectivity index (χ0) is 15.0. The summed E-state index contributed by atoms with van der Waals surface area (Å²) in [5, 5.41) is 14.7. The third-order valence-electron chi connectivity index (χ3n) is 3.31. The molecule has 0 aliphatic carbocycles. The number of carboxylic acid groups (broad SMARTS) is 1. The number of thioether (sulfide) groups is 1. The lowest BCUT2D eigenvalue weighted by atomic mass is 9.94. The van der Waals surface area contributed by atoms with Crippen molar-refractivity contribution < 1.29 is 14.7 Å². The molecular formula is C14H26N2O3S. The minimum Gasteiger partial charge on any atom is -0.481 e. The number of rotatable bonds is 7. The van der Waals surface area contributed by atoms with E-state index in [0.717, 1.165) is 25.0 Å². The van der Waals surface area contributed by atoms with Crippen molar-refractivity contribution in [2.24, 2.45) is 11.8 Å². The molecule has 1 rings (SSSR count). The monoisotopic (exact) mass is 302 g/mol. The zero-order valence-corrected chi connectivity index (χ0v) is 13.2. The summed E-state index contributed by atoms with van der Waals surface area (Å²) in [5.41, 5.74) is 0. The van der Waals surface area contributed by atoms with Crippen LogP contribution in [0.2, 0.25) is 0 Å². The first-order chi connectivity index (χ1) is 9.47. The maximum atomic E-state index is 11.8. The Labute approximate surface area is 125 Å². The molecule has 2 atom stereocenters. The first-order valence-electron chi connectivity index (χ1n) is 7.31. The Morgan fingerprint density at radius 2 is 2.15 bits per heavy atom. The summed E-state index contributed by atoms with van der Waals surface area (Å²) in [7, 11) is 0. The molecule has 1 aliphatic rings. The van der Waals surface area contributed by atoms with Crippen LogP contribution in [0.4, 0.5) is 4.79 Å². The fourth-order valence-corrected chi connectivity index (χ4v) is 3.55. The smallest absolute Gasteiger partial charge is 0.315 e. The molecule has 1 fully saturated rings. The van der Waals surface area contributed by atoms with E-state index in [1.165, 1.54) is 5.75 Å². The number of nitrogens with one attached hydrogen (secondary N) is 2. The van der Waals surface area contributed by atoms with Gasteiger partial charge in [-0.05, 0) is 36.9 Å². The van der Waals surface area contributed by atoms with E-state index in [2.05, 4.69) is 24.5 Å². The Kier molecular flexibility index (Phi) is 7.80. The van der Waals surface area contributed by atoms with Crippen LogP contribution in [0.3, 0.4) is 0 Å². The molecule has 0 radical (unpaired) electrons. The van der Waals surface area contributed by atoms with Gasteiger partial charge in [-0.15, -0.1) is 0 Å². The second-order valence-corrected chi connectivity index (χ2v) is 7.01. The number of amides is 2. The topological polar surface area (TPSA) is 78.4 Å². The highest BCUT2D eigenvalue weighted by Gasteiger charge is 2.18. The summed E-state index contributed by atoms with van der Waals surface area (Å²) < 4.78 is 0. The van der Waals surface area contributed by atoms with Gasteiger partial charge in [0.15, 0.2) is 0 Å². The molecule has 6 heteroatoms. The van der Waals surface area contributed by atoms with E-state index in [0.29, 0.717) is 12.5 Å². The largest absolute Gasteiger partial charge is 0.481 e. The van der Waals surface area contributed by atoms with Crippen LogP contribution in [0.1, 0.15) is 39.5 Å². The van der Waals surface area contributed by atoms with Gasteiger partial charge < -0.3 is 15.7 Å². The van der Waals surface area contributed by atoms with E-state index in [4.69, 9.17) is 5.11 Å². The van der Waals surface area contributed by atoms with Crippen LogP contribution in [-0.2, 0) is 4.79 Å². The minimum absolute atomic E-state index is 0.000944. The third-order valence-corrected chi connectivity index (χ3v) is 4.53. The molecule has 0 aromatic carbocycles. The first-order valence-corrected chi connectivity index (χ1v) is 8.46. The van der Waals surface area contributed by atoms with Gasteiger partial charge in [-0.3, -0.25) is 4.79 Å². The molecule has 5 nitrogen and oxygen atoms in total. The van der Waals surface area contributed by atoms with Crippen LogP contribution in [0.25, 0.3) is 0 Å². The summed E-state index contributed by atoms with van der Waals surface area (Å²) in [6.45, 7) is 4.55. The van der Waals surface area contributed by atoms with Crippen molar-refractivity contribution in [3.05, 3.63) is 0 Å². The lowest BCUT2D eigenvalue weighted by Gasteiger charge is -2.23. The summed E-state index contributed by atoms with van der Waals surface area (Å²) in [6, 6.07) is 0.0772. The van der Waals surface area contributed by atoms with E-state index >= 15 is 0 Å². The van der Waals surface area contributed by atoms with E-state index in [1.807, 2.05) is 11.8 Å². The van der Waals surface area contributed by atoms with E-state index in [9.17, 15) is 9.59 Å². The van der Waals surface area contributed by atoms with Gasteiger partial charge in [-0.25, -0.2) is 4.79 Å². The molecule has 0 aromatic rings. The molecule has 3 N–H and O–H groups in total. The molecule has 0 bridgehead atoms. The molecule has 0 spiro atoms. The van der Waals surface area contributed by atoms with E-state index in [1.54, 1.807) is 0 Å². The van der Waals surface area contributed by atoms with Crippen molar-refractivity contribution in [1.82, 2.24) is 10.6 Å². The maximum Gasteiger partial charge on any atom is 0.315 e. The van der Waals surface area contributed by atoms with Crippen molar-refractivity contribution in [3.63, 3.8) is 0 Å². The molecular weight excluding hydrogens is 276 g/mol. The lowest BCUT2D eigenvalue weighted by Crippen LogP contribution is -2.45.